The van der Waals surface area contributed by atoms with Gasteiger partial charge in [0.1, 0.15) is 11.5 Å². The number of benzene rings is 3. The second kappa shape index (κ2) is 10.6. The van der Waals surface area contributed by atoms with Crippen molar-refractivity contribution in [1.82, 2.24) is 5.43 Å². The lowest BCUT2D eigenvalue weighted by atomic mass is 10.2. The van der Waals surface area contributed by atoms with Gasteiger partial charge >= 0.3 is 0 Å². The molecule has 0 aliphatic heterocycles. The van der Waals surface area contributed by atoms with Crippen LogP contribution in [0.5, 0.6) is 11.5 Å². The monoisotopic (exact) mass is 579 g/mol. The standard InChI is InChI=1S/C21H16Br3N3O2/c22-17-10-19(24)20(11-18(17)23)25-13-21(28)27-26-12-14-5-4-8-16(9-14)29-15-6-2-1-3-7-15/h1-12,25H,13H2,(H,27,28)/b26-12+. The number of halogens is 3. The van der Waals surface area contributed by atoms with Gasteiger partial charge in [-0.15, -0.1) is 0 Å². The Kier molecular flexibility index (Phi) is 7.85. The molecule has 8 heteroatoms. The Labute approximate surface area is 193 Å². The van der Waals surface area contributed by atoms with Crippen molar-refractivity contribution in [3.05, 3.63) is 85.7 Å². The number of rotatable bonds is 7. The number of ether oxygens (including phenoxy) is 1. The first-order chi connectivity index (χ1) is 14.0. The molecule has 3 aromatic rings. The molecule has 0 heterocycles. The summed E-state index contributed by atoms with van der Waals surface area (Å²) in [5.41, 5.74) is 4.11. The van der Waals surface area contributed by atoms with E-state index in [-0.39, 0.29) is 12.5 Å². The average molecular weight is 582 g/mol. The molecule has 3 rings (SSSR count). The Bertz CT molecular complexity index is 1030. The third-order valence-corrected chi connectivity index (χ3v) is 6.19. The minimum Gasteiger partial charge on any atom is -0.457 e. The zero-order valence-corrected chi connectivity index (χ0v) is 19.8. The van der Waals surface area contributed by atoms with E-state index in [1.165, 1.54) is 0 Å². The van der Waals surface area contributed by atoms with Gasteiger partial charge in [0.05, 0.1) is 18.4 Å². The molecule has 0 unspecified atom stereocenters. The zero-order valence-electron chi connectivity index (χ0n) is 15.0. The normalized spacial score (nSPS) is 10.7. The van der Waals surface area contributed by atoms with Gasteiger partial charge in [0.15, 0.2) is 0 Å². The van der Waals surface area contributed by atoms with E-state index in [0.717, 1.165) is 30.4 Å². The van der Waals surface area contributed by atoms with Crippen LogP contribution in [0.1, 0.15) is 5.56 Å². The molecule has 2 N–H and O–H groups in total. The van der Waals surface area contributed by atoms with Crippen LogP contribution in [0.15, 0.2) is 85.2 Å². The van der Waals surface area contributed by atoms with Crippen molar-refractivity contribution in [3.63, 3.8) is 0 Å². The van der Waals surface area contributed by atoms with Gasteiger partial charge in [0.25, 0.3) is 5.91 Å². The number of hydrogen-bond donors (Lipinski definition) is 2. The topological polar surface area (TPSA) is 62.7 Å². The molecular formula is C21H16Br3N3O2. The summed E-state index contributed by atoms with van der Waals surface area (Å²) in [5.74, 6) is 1.19. The van der Waals surface area contributed by atoms with Gasteiger partial charge < -0.3 is 10.1 Å². The van der Waals surface area contributed by atoms with E-state index in [2.05, 4.69) is 63.6 Å². The number of anilines is 1. The predicted molar refractivity (Wildman–Crippen MR) is 127 cm³/mol. The summed E-state index contributed by atoms with van der Waals surface area (Å²) in [7, 11) is 0. The van der Waals surface area contributed by atoms with Crippen LogP contribution in [0.3, 0.4) is 0 Å². The van der Waals surface area contributed by atoms with Crippen molar-refractivity contribution < 1.29 is 9.53 Å². The van der Waals surface area contributed by atoms with Gasteiger partial charge in [0.2, 0.25) is 0 Å². The number of nitrogens with zero attached hydrogens (tertiary/aromatic N) is 1. The highest BCUT2D eigenvalue weighted by Crippen LogP contribution is 2.32. The molecule has 0 radical (unpaired) electrons. The molecule has 0 bridgehead atoms. The van der Waals surface area contributed by atoms with Gasteiger partial charge in [-0.05, 0) is 89.8 Å². The van der Waals surface area contributed by atoms with Crippen LogP contribution >= 0.6 is 47.8 Å². The van der Waals surface area contributed by atoms with Gasteiger partial charge in [-0.2, -0.15) is 5.10 Å². The quantitative estimate of drug-likeness (QED) is 0.195. The largest absolute Gasteiger partial charge is 0.457 e. The molecule has 0 aliphatic carbocycles. The van der Waals surface area contributed by atoms with Crippen LogP contribution < -0.4 is 15.5 Å². The molecule has 1 amide bonds. The molecule has 5 nitrogen and oxygen atoms in total. The maximum atomic E-state index is 12.0. The third kappa shape index (κ3) is 6.69. The van der Waals surface area contributed by atoms with Gasteiger partial charge in [0, 0.05) is 13.4 Å². The van der Waals surface area contributed by atoms with Crippen molar-refractivity contribution in [3.8, 4) is 11.5 Å². The Hall–Kier alpha value is -2.16. The van der Waals surface area contributed by atoms with Crippen LogP contribution in [-0.4, -0.2) is 18.7 Å². The molecule has 0 saturated heterocycles. The average Bonchev–Trinajstić information content (AvgIpc) is 2.71. The lowest BCUT2D eigenvalue weighted by Crippen LogP contribution is -2.26. The lowest BCUT2D eigenvalue weighted by molar-refractivity contribution is -0.119. The molecule has 0 saturated carbocycles. The lowest BCUT2D eigenvalue weighted by Gasteiger charge is -2.09. The summed E-state index contributed by atoms with van der Waals surface area (Å²) in [6, 6.07) is 20.8. The van der Waals surface area contributed by atoms with Crippen molar-refractivity contribution in [2.24, 2.45) is 5.10 Å². The minimum atomic E-state index is -0.260. The highest BCUT2D eigenvalue weighted by molar-refractivity contribution is 9.13. The summed E-state index contributed by atoms with van der Waals surface area (Å²) in [4.78, 5) is 12.0. The number of hydrazone groups is 1. The van der Waals surface area contributed by atoms with Crippen LogP contribution in [0.2, 0.25) is 0 Å². The first kappa shape index (κ1) is 21.5. The van der Waals surface area contributed by atoms with Gasteiger partial charge in [-0.3, -0.25) is 4.79 Å². The second-order valence-corrected chi connectivity index (χ2v) is 8.44. The number of para-hydroxylation sites is 1. The molecule has 0 spiro atoms. The first-order valence-corrected chi connectivity index (χ1v) is 10.9. The number of hydrogen-bond acceptors (Lipinski definition) is 4. The van der Waals surface area contributed by atoms with E-state index in [1.54, 1.807) is 6.21 Å². The van der Waals surface area contributed by atoms with E-state index in [0.29, 0.717) is 5.75 Å². The maximum Gasteiger partial charge on any atom is 0.259 e. The summed E-state index contributed by atoms with van der Waals surface area (Å²) in [5, 5.41) is 7.07. The third-order valence-electron chi connectivity index (χ3n) is 3.69. The van der Waals surface area contributed by atoms with E-state index in [1.807, 2.05) is 66.7 Å². The van der Waals surface area contributed by atoms with Crippen molar-refractivity contribution >= 4 is 65.6 Å². The molecule has 0 fully saturated rings. The SMILES string of the molecule is O=C(CNc1cc(Br)c(Br)cc1Br)N/N=C/c1cccc(Oc2ccccc2)c1. The zero-order chi connectivity index (χ0) is 20.6. The smallest absolute Gasteiger partial charge is 0.259 e. The van der Waals surface area contributed by atoms with Crippen molar-refractivity contribution in [2.75, 3.05) is 11.9 Å². The number of amides is 1. The minimum absolute atomic E-state index is 0.0845. The second-order valence-electron chi connectivity index (χ2n) is 5.88. The van der Waals surface area contributed by atoms with Crippen LogP contribution in [0.25, 0.3) is 0 Å². The van der Waals surface area contributed by atoms with E-state index < -0.39 is 0 Å². The Balaban J connectivity index is 1.52. The number of carbonyl (C=O) groups excluding carboxylic acids is 1. The summed E-state index contributed by atoms with van der Waals surface area (Å²) in [6.45, 7) is 0.0845. The van der Waals surface area contributed by atoms with E-state index in [4.69, 9.17) is 4.74 Å². The molecular weight excluding hydrogens is 566 g/mol. The van der Waals surface area contributed by atoms with E-state index >= 15 is 0 Å². The Morgan fingerprint density at radius 2 is 1.62 bits per heavy atom. The molecule has 29 heavy (non-hydrogen) atoms. The van der Waals surface area contributed by atoms with Crippen molar-refractivity contribution in [2.45, 2.75) is 0 Å². The van der Waals surface area contributed by atoms with E-state index in [9.17, 15) is 4.79 Å². The van der Waals surface area contributed by atoms with Gasteiger partial charge in [-0.1, -0.05) is 30.3 Å². The summed E-state index contributed by atoms with van der Waals surface area (Å²) in [6.07, 6.45) is 1.57. The van der Waals surface area contributed by atoms with Crippen LogP contribution in [-0.2, 0) is 4.79 Å². The molecule has 0 aromatic heterocycles. The fourth-order valence-corrected chi connectivity index (χ4v) is 3.81. The van der Waals surface area contributed by atoms with Crippen LogP contribution in [0.4, 0.5) is 5.69 Å². The number of carbonyl (C=O) groups is 1. The predicted octanol–water partition coefficient (Wildman–Crippen LogP) is 6.33. The molecule has 3 aromatic carbocycles. The fourth-order valence-electron chi connectivity index (χ4n) is 2.33. The van der Waals surface area contributed by atoms with Gasteiger partial charge in [-0.25, -0.2) is 5.43 Å². The molecule has 0 atom stereocenters. The molecule has 0 aliphatic rings. The summed E-state index contributed by atoms with van der Waals surface area (Å²) >= 11 is 10.3. The molecule has 148 valence electrons. The maximum absolute atomic E-state index is 12.0. The van der Waals surface area contributed by atoms with Crippen LogP contribution in [0, 0.1) is 0 Å². The summed E-state index contributed by atoms with van der Waals surface area (Å²) < 4.78 is 8.45. The highest BCUT2D eigenvalue weighted by atomic mass is 79.9. The Morgan fingerprint density at radius 1 is 0.897 bits per heavy atom. The van der Waals surface area contributed by atoms with Crippen molar-refractivity contribution in [1.29, 1.82) is 0 Å². The Morgan fingerprint density at radius 3 is 2.41 bits per heavy atom. The number of nitrogens with one attached hydrogen (secondary N) is 2. The highest BCUT2D eigenvalue weighted by Gasteiger charge is 2.06. The first-order valence-electron chi connectivity index (χ1n) is 8.54. The fraction of sp³-hybridized carbons (Fsp3) is 0.0476.